The summed E-state index contributed by atoms with van der Waals surface area (Å²) in [5, 5.41) is 12.8. The van der Waals surface area contributed by atoms with Gasteiger partial charge >= 0.3 is 0 Å². The van der Waals surface area contributed by atoms with E-state index in [1.807, 2.05) is 59.3 Å². The van der Waals surface area contributed by atoms with Gasteiger partial charge in [0.1, 0.15) is 0 Å². The Hall–Kier alpha value is -3.33. The molecular formula is C25H24N2O. The van der Waals surface area contributed by atoms with E-state index in [1.165, 1.54) is 5.56 Å². The second kappa shape index (κ2) is 7.01. The number of aromatic nitrogens is 2. The fourth-order valence-electron chi connectivity index (χ4n) is 3.38. The second-order valence-corrected chi connectivity index (χ2v) is 8.02. The maximum atomic E-state index is 11.0. The zero-order chi connectivity index (χ0) is 19.7. The van der Waals surface area contributed by atoms with Crippen molar-refractivity contribution in [2.75, 3.05) is 0 Å². The smallest absolute Gasteiger partial charge is 0.204 e. The summed E-state index contributed by atoms with van der Waals surface area (Å²) in [6, 6.07) is 20.2. The Balaban J connectivity index is 1.76. The Bertz CT molecular complexity index is 1130. The molecule has 28 heavy (non-hydrogen) atoms. The van der Waals surface area contributed by atoms with Gasteiger partial charge < -0.3 is 5.11 Å². The third kappa shape index (κ3) is 3.44. The molecule has 0 saturated heterocycles. The van der Waals surface area contributed by atoms with Crippen LogP contribution >= 0.6 is 0 Å². The van der Waals surface area contributed by atoms with Crippen LogP contribution in [0.5, 0.6) is 5.88 Å². The lowest BCUT2D eigenvalue weighted by Gasteiger charge is -2.19. The van der Waals surface area contributed by atoms with Crippen molar-refractivity contribution in [3.8, 4) is 11.6 Å². The van der Waals surface area contributed by atoms with E-state index in [-0.39, 0.29) is 11.3 Å². The standard InChI is InChI=1S/C25H24N2O/c1-25(2,3)20-11-14-22(15-12-20)27-17-19-8-6-7-18(23(19)24(27)28)10-13-21-9-4-5-16-26-21/h4-17,28H,1-3H3. The number of hydrogen-bond acceptors (Lipinski definition) is 2. The Morgan fingerprint density at radius 1 is 0.893 bits per heavy atom. The number of hydrogen-bond donors (Lipinski definition) is 1. The zero-order valence-electron chi connectivity index (χ0n) is 16.4. The second-order valence-electron chi connectivity index (χ2n) is 8.02. The molecule has 0 atom stereocenters. The first-order chi connectivity index (χ1) is 13.4. The molecule has 0 radical (unpaired) electrons. The van der Waals surface area contributed by atoms with Gasteiger partial charge in [0.15, 0.2) is 0 Å². The van der Waals surface area contributed by atoms with Crippen molar-refractivity contribution in [3.05, 3.63) is 89.9 Å². The molecule has 0 fully saturated rings. The first kappa shape index (κ1) is 18.1. The van der Waals surface area contributed by atoms with E-state index in [2.05, 4.69) is 50.0 Å². The molecule has 1 N–H and O–H groups in total. The average Bonchev–Trinajstić information content (AvgIpc) is 3.04. The molecule has 2 heterocycles. The average molecular weight is 368 g/mol. The summed E-state index contributed by atoms with van der Waals surface area (Å²) in [5.74, 6) is 0.250. The summed E-state index contributed by atoms with van der Waals surface area (Å²) in [6.07, 6.45) is 7.71. The maximum Gasteiger partial charge on any atom is 0.204 e. The Morgan fingerprint density at radius 2 is 1.68 bits per heavy atom. The van der Waals surface area contributed by atoms with Crippen molar-refractivity contribution in [2.45, 2.75) is 26.2 Å². The third-order valence-electron chi connectivity index (χ3n) is 4.98. The number of benzene rings is 2. The van der Waals surface area contributed by atoms with E-state index in [0.29, 0.717) is 0 Å². The van der Waals surface area contributed by atoms with Crippen molar-refractivity contribution >= 4 is 22.9 Å². The normalized spacial score (nSPS) is 12.1. The van der Waals surface area contributed by atoms with Crippen LogP contribution in [0.1, 0.15) is 37.6 Å². The molecule has 0 aliphatic heterocycles. The zero-order valence-corrected chi connectivity index (χ0v) is 16.4. The summed E-state index contributed by atoms with van der Waals surface area (Å²) in [4.78, 5) is 4.32. The lowest BCUT2D eigenvalue weighted by Crippen LogP contribution is -2.10. The fourth-order valence-corrected chi connectivity index (χ4v) is 3.38. The van der Waals surface area contributed by atoms with E-state index in [0.717, 1.165) is 27.7 Å². The molecule has 2 aromatic carbocycles. The number of pyridine rings is 1. The molecule has 0 aliphatic rings. The van der Waals surface area contributed by atoms with Gasteiger partial charge in [-0.25, -0.2) is 0 Å². The monoisotopic (exact) mass is 368 g/mol. The van der Waals surface area contributed by atoms with Crippen LogP contribution in [0.4, 0.5) is 0 Å². The summed E-state index contributed by atoms with van der Waals surface area (Å²) in [7, 11) is 0. The van der Waals surface area contributed by atoms with Gasteiger partial charge in [-0.2, -0.15) is 0 Å². The molecule has 0 amide bonds. The first-order valence-corrected chi connectivity index (χ1v) is 9.46. The van der Waals surface area contributed by atoms with Gasteiger partial charge in [-0.3, -0.25) is 9.55 Å². The molecule has 4 aromatic rings. The van der Waals surface area contributed by atoms with Gasteiger partial charge in [0.25, 0.3) is 0 Å². The molecule has 3 nitrogen and oxygen atoms in total. The number of fused-ring (bicyclic) bond motifs is 1. The van der Waals surface area contributed by atoms with Crippen LogP contribution in [0.25, 0.3) is 28.6 Å². The van der Waals surface area contributed by atoms with Crippen LogP contribution in [-0.4, -0.2) is 14.7 Å². The summed E-state index contributed by atoms with van der Waals surface area (Å²) in [5.41, 5.74) is 4.17. The topological polar surface area (TPSA) is 38.0 Å². The molecule has 0 spiro atoms. The third-order valence-corrected chi connectivity index (χ3v) is 4.98. The summed E-state index contributed by atoms with van der Waals surface area (Å²) in [6.45, 7) is 6.59. The van der Waals surface area contributed by atoms with Crippen molar-refractivity contribution in [2.24, 2.45) is 0 Å². The Kier molecular flexibility index (Phi) is 4.52. The lowest BCUT2D eigenvalue weighted by atomic mass is 9.87. The van der Waals surface area contributed by atoms with Crippen LogP contribution in [0, 0.1) is 0 Å². The SMILES string of the molecule is CC(C)(C)c1ccc(-n2cc3cccc(C=Cc4ccccn4)c3c2O)cc1. The highest BCUT2D eigenvalue weighted by molar-refractivity contribution is 5.97. The van der Waals surface area contributed by atoms with E-state index >= 15 is 0 Å². The minimum Gasteiger partial charge on any atom is -0.494 e. The van der Waals surface area contributed by atoms with E-state index in [1.54, 1.807) is 6.20 Å². The van der Waals surface area contributed by atoms with Crippen LogP contribution in [0.2, 0.25) is 0 Å². The van der Waals surface area contributed by atoms with Crippen LogP contribution in [-0.2, 0) is 5.41 Å². The highest BCUT2D eigenvalue weighted by atomic mass is 16.3. The quantitative estimate of drug-likeness (QED) is 0.467. The van der Waals surface area contributed by atoms with E-state index in [4.69, 9.17) is 0 Å². The largest absolute Gasteiger partial charge is 0.494 e. The molecule has 140 valence electrons. The molecule has 3 heteroatoms. The lowest BCUT2D eigenvalue weighted by molar-refractivity contribution is 0.448. The van der Waals surface area contributed by atoms with Crippen molar-refractivity contribution in [1.29, 1.82) is 0 Å². The highest BCUT2D eigenvalue weighted by Gasteiger charge is 2.15. The minimum atomic E-state index is 0.103. The van der Waals surface area contributed by atoms with Crippen molar-refractivity contribution in [1.82, 2.24) is 9.55 Å². The maximum absolute atomic E-state index is 11.0. The molecular weight excluding hydrogens is 344 g/mol. The molecule has 0 saturated carbocycles. The van der Waals surface area contributed by atoms with Gasteiger partial charge in [0.05, 0.1) is 11.1 Å². The van der Waals surface area contributed by atoms with Gasteiger partial charge in [-0.05, 0) is 46.9 Å². The van der Waals surface area contributed by atoms with Gasteiger partial charge in [0.2, 0.25) is 5.88 Å². The summed E-state index contributed by atoms with van der Waals surface area (Å²) >= 11 is 0. The van der Waals surface area contributed by atoms with Crippen LogP contribution < -0.4 is 0 Å². The van der Waals surface area contributed by atoms with Crippen LogP contribution in [0.3, 0.4) is 0 Å². The molecule has 2 aromatic heterocycles. The number of rotatable bonds is 3. The van der Waals surface area contributed by atoms with E-state index < -0.39 is 0 Å². The van der Waals surface area contributed by atoms with E-state index in [9.17, 15) is 5.11 Å². The predicted molar refractivity (Wildman–Crippen MR) is 117 cm³/mol. The van der Waals surface area contributed by atoms with Crippen molar-refractivity contribution < 1.29 is 5.11 Å². The predicted octanol–water partition coefficient (Wildman–Crippen LogP) is 6.20. The summed E-state index contributed by atoms with van der Waals surface area (Å²) < 4.78 is 1.84. The number of aromatic hydroxyl groups is 1. The Morgan fingerprint density at radius 3 is 2.36 bits per heavy atom. The number of nitrogens with zero attached hydrogens (tertiary/aromatic N) is 2. The van der Waals surface area contributed by atoms with Gasteiger partial charge in [-0.15, -0.1) is 0 Å². The van der Waals surface area contributed by atoms with Crippen molar-refractivity contribution in [3.63, 3.8) is 0 Å². The fraction of sp³-hybridized carbons (Fsp3) is 0.160. The van der Waals surface area contributed by atoms with Gasteiger partial charge in [0, 0.05) is 23.5 Å². The molecule has 0 unspecified atom stereocenters. The molecule has 0 bridgehead atoms. The highest BCUT2D eigenvalue weighted by Crippen LogP contribution is 2.34. The molecule has 0 aliphatic carbocycles. The Labute approximate surface area is 165 Å². The molecule has 4 rings (SSSR count). The van der Waals surface area contributed by atoms with Crippen LogP contribution in [0.15, 0.2) is 73.1 Å². The first-order valence-electron chi connectivity index (χ1n) is 9.46. The van der Waals surface area contributed by atoms with Gasteiger partial charge in [-0.1, -0.05) is 63.2 Å². The minimum absolute atomic E-state index is 0.103.